The molecule has 0 bridgehead atoms. The fraction of sp³-hybridized carbons (Fsp3) is 0.600. The summed E-state index contributed by atoms with van der Waals surface area (Å²) >= 11 is 0. The molecule has 1 aromatic rings. The Morgan fingerprint density at radius 3 is 2.25 bits per heavy atom. The highest BCUT2D eigenvalue weighted by molar-refractivity contribution is 5.20. The number of benzene rings is 1. The lowest BCUT2D eigenvalue weighted by Gasteiger charge is -2.24. The van der Waals surface area contributed by atoms with Crippen LogP contribution in [0.3, 0.4) is 0 Å². The van der Waals surface area contributed by atoms with Gasteiger partial charge in [0.15, 0.2) is 0 Å². The maximum Gasteiger partial charge on any atom is 0.407 e. The van der Waals surface area contributed by atoms with Crippen molar-refractivity contribution in [2.45, 2.75) is 38.5 Å². The Bertz CT molecular complexity index is 376. The fourth-order valence-corrected chi connectivity index (χ4v) is 1.90. The molecule has 114 valence electrons. The van der Waals surface area contributed by atoms with E-state index in [4.69, 9.17) is 0 Å². The van der Waals surface area contributed by atoms with E-state index in [1.807, 2.05) is 7.05 Å². The summed E-state index contributed by atoms with van der Waals surface area (Å²) in [6.45, 7) is 5.26. The number of rotatable bonds is 7. The number of nitrogens with one attached hydrogen (secondary N) is 1. The predicted octanol–water partition coefficient (Wildman–Crippen LogP) is 3.61. The molecule has 1 rings (SSSR count). The lowest BCUT2D eigenvalue weighted by molar-refractivity contribution is -0.157. The van der Waals surface area contributed by atoms with Crippen LogP contribution in [0.1, 0.15) is 31.9 Å². The van der Waals surface area contributed by atoms with Crippen molar-refractivity contribution >= 4 is 0 Å². The topological polar surface area (TPSA) is 15.3 Å². The van der Waals surface area contributed by atoms with Crippen LogP contribution >= 0.6 is 0 Å². The van der Waals surface area contributed by atoms with Gasteiger partial charge >= 0.3 is 6.18 Å². The molecule has 0 saturated carbocycles. The normalized spacial score (nSPS) is 14.0. The van der Waals surface area contributed by atoms with Gasteiger partial charge in [0.05, 0.1) is 0 Å². The van der Waals surface area contributed by atoms with E-state index in [0.717, 1.165) is 6.54 Å². The van der Waals surface area contributed by atoms with Crippen LogP contribution in [0.4, 0.5) is 13.2 Å². The van der Waals surface area contributed by atoms with Crippen molar-refractivity contribution in [3.05, 3.63) is 35.9 Å². The van der Waals surface area contributed by atoms with Crippen molar-refractivity contribution in [3.8, 4) is 0 Å². The molecule has 0 radical (unpaired) electrons. The Kier molecular flexibility index (Phi) is 6.49. The number of nitrogens with zero attached hydrogens (tertiary/aromatic N) is 1. The van der Waals surface area contributed by atoms with Gasteiger partial charge in [-0.2, -0.15) is 13.2 Å². The van der Waals surface area contributed by atoms with Crippen LogP contribution in [-0.4, -0.2) is 37.3 Å². The smallest absolute Gasteiger partial charge is 0.304 e. The minimum absolute atomic E-state index is 0.261. The van der Waals surface area contributed by atoms with Gasteiger partial charge in [-0.05, 0) is 46.0 Å². The summed E-state index contributed by atoms with van der Waals surface area (Å²) in [7, 11) is 1.98. The van der Waals surface area contributed by atoms with Crippen molar-refractivity contribution in [1.29, 1.82) is 0 Å². The van der Waals surface area contributed by atoms with Crippen LogP contribution in [0.5, 0.6) is 0 Å². The summed E-state index contributed by atoms with van der Waals surface area (Å²) in [4.78, 5) is 2.12. The minimum Gasteiger partial charge on any atom is -0.304 e. The SMILES string of the molecule is CC(C)N(C)CCCNC(c1ccccc1)C(F)(F)F. The molecular weight excluding hydrogens is 265 g/mol. The third-order valence-corrected chi connectivity index (χ3v) is 3.38. The number of hydrogen-bond donors (Lipinski definition) is 1. The van der Waals surface area contributed by atoms with E-state index in [2.05, 4.69) is 24.1 Å². The van der Waals surface area contributed by atoms with Gasteiger partial charge in [0.2, 0.25) is 0 Å². The first-order valence-electron chi connectivity index (χ1n) is 6.87. The molecule has 1 aromatic carbocycles. The van der Waals surface area contributed by atoms with Gasteiger partial charge < -0.3 is 10.2 Å². The summed E-state index contributed by atoms with van der Waals surface area (Å²) in [5.41, 5.74) is 0.261. The third-order valence-electron chi connectivity index (χ3n) is 3.38. The average Bonchev–Trinajstić information content (AvgIpc) is 2.37. The molecule has 0 amide bonds. The molecule has 1 N–H and O–H groups in total. The summed E-state index contributed by atoms with van der Waals surface area (Å²) in [6, 6.07) is 6.80. The molecule has 0 aliphatic rings. The zero-order valence-electron chi connectivity index (χ0n) is 12.2. The highest BCUT2D eigenvalue weighted by Gasteiger charge is 2.40. The maximum atomic E-state index is 13.0. The minimum atomic E-state index is -4.27. The van der Waals surface area contributed by atoms with Crippen LogP contribution in [0.25, 0.3) is 0 Å². The molecule has 0 heterocycles. The van der Waals surface area contributed by atoms with E-state index >= 15 is 0 Å². The van der Waals surface area contributed by atoms with Crippen LogP contribution in [0.15, 0.2) is 30.3 Å². The summed E-state index contributed by atoms with van der Waals surface area (Å²) < 4.78 is 39.1. The molecule has 1 unspecified atom stereocenters. The molecule has 2 nitrogen and oxygen atoms in total. The second-order valence-corrected chi connectivity index (χ2v) is 5.27. The Balaban J connectivity index is 2.52. The van der Waals surface area contributed by atoms with E-state index in [0.29, 0.717) is 19.0 Å². The molecule has 20 heavy (non-hydrogen) atoms. The Morgan fingerprint density at radius 1 is 1.15 bits per heavy atom. The van der Waals surface area contributed by atoms with Crippen molar-refractivity contribution in [2.24, 2.45) is 0 Å². The molecular formula is C15H23F3N2. The van der Waals surface area contributed by atoms with Gasteiger partial charge in [-0.1, -0.05) is 30.3 Å². The summed E-state index contributed by atoms with van der Waals surface area (Å²) in [6.07, 6.45) is -3.58. The summed E-state index contributed by atoms with van der Waals surface area (Å²) in [5, 5.41) is 2.62. The maximum absolute atomic E-state index is 13.0. The van der Waals surface area contributed by atoms with E-state index < -0.39 is 12.2 Å². The predicted molar refractivity (Wildman–Crippen MR) is 75.6 cm³/mol. The van der Waals surface area contributed by atoms with Crippen LogP contribution in [0, 0.1) is 0 Å². The van der Waals surface area contributed by atoms with Gasteiger partial charge in [-0.15, -0.1) is 0 Å². The average molecular weight is 288 g/mol. The summed E-state index contributed by atoms with van der Waals surface area (Å²) in [5.74, 6) is 0. The highest BCUT2D eigenvalue weighted by atomic mass is 19.4. The van der Waals surface area contributed by atoms with Gasteiger partial charge in [-0.25, -0.2) is 0 Å². The van der Waals surface area contributed by atoms with Crippen molar-refractivity contribution in [1.82, 2.24) is 10.2 Å². The third kappa shape index (κ3) is 5.51. The molecule has 5 heteroatoms. The lowest BCUT2D eigenvalue weighted by Crippen LogP contribution is -2.36. The number of hydrogen-bond acceptors (Lipinski definition) is 2. The van der Waals surface area contributed by atoms with E-state index in [9.17, 15) is 13.2 Å². The zero-order valence-corrected chi connectivity index (χ0v) is 12.2. The second kappa shape index (κ2) is 7.64. The first kappa shape index (κ1) is 17.0. The van der Waals surface area contributed by atoms with E-state index in [1.54, 1.807) is 18.2 Å². The first-order valence-corrected chi connectivity index (χ1v) is 6.87. The Labute approximate surface area is 119 Å². The zero-order chi connectivity index (χ0) is 15.2. The fourth-order valence-electron chi connectivity index (χ4n) is 1.90. The monoisotopic (exact) mass is 288 g/mol. The molecule has 0 aromatic heterocycles. The highest BCUT2D eigenvalue weighted by Crippen LogP contribution is 2.32. The Hall–Kier alpha value is -1.07. The van der Waals surface area contributed by atoms with Crippen LogP contribution < -0.4 is 5.32 Å². The van der Waals surface area contributed by atoms with Gasteiger partial charge in [0.1, 0.15) is 6.04 Å². The van der Waals surface area contributed by atoms with Gasteiger partial charge in [-0.3, -0.25) is 0 Å². The molecule has 1 atom stereocenters. The van der Waals surface area contributed by atoms with Crippen LogP contribution in [-0.2, 0) is 0 Å². The molecule has 0 spiro atoms. The van der Waals surface area contributed by atoms with Gasteiger partial charge in [0.25, 0.3) is 0 Å². The Morgan fingerprint density at radius 2 is 1.75 bits per heavy atom. The number of halogens is 3. The molecule has 0 fully saturated rings. The quantitative estimate of drug-likeness (QED) is 0.771. The first-order chi connectivity index (χ1) is 9.32. The van der Waals surface area contributed by atoms with E-state index in [1.165, 1.54) is 12.1 Å². The van der Waals surface area contributed by atoms with Crippen molar-refractivity contribution in [3.63, 3.8) is 0 Å². The van der Waals surface area contributed by atoms with Crippen molar-refractivity contribution in [2.75, 3.05) is 20.1 Å². The van der Waals surface area contributed by atoms with E-state index in [-0.39, 0.29) is 5.56 Å². The van der Waals surface area contributed by atoms with Crippen molar-refractivity contribution < 1.29 is 13.2 Å². The molecule has 0 aliphatic carbocycles. The molecule has 0 saturated heterocycles. The largest absolute Gasteiger partial charge is 0.407 e. The number of alkyl halides is 3. The lowest BCUT2D eigenvalue weighted by atomic mass is 10.1. The standard InChI is InChI=1S/C15H23F3N2/c1-12(2)20(3)11-7-10-19-14(15(16,17)18)13-8-5-4-6-9-13/h4-6,8-9,12,14,19H,7,10-11H2,1-3H3. The van der Waals surface area contributed by atoms with Crippen LogP contribution in [0.2, 0.25) is 0 Å². The molecule has 0 aliphatic heterocycles. The second-order valence-electron chi connectivity index (χ2n) is 5.27. The van der Waals surface area contributed by atoms with Gasteiger partial charge in [0, 0.05) is 6.04 Å².